The number of hydrogen-bond acceptors (Lipinski definition) is 10. The first-order valence-electron chi connectivity index (χ1n) is 18.2. The molecule has 0 unspecified atom stereocenters. The van der Waals surface area contributed by atoms with Gasteiger partial charge in [0.1, 0.15) is 31.0 Å². The molecule has 2 aliphatic rings. The second-order valence-corrected chi connectivity index (χ2v) is 13.5. The van der Waals surface area contributed by atoms with E-state index >= 15 is 0 Å². The fraction of sp³-hybridized carbons (Fsp3) is 0.359. The number of rotatable bonds is 11. The third-order valence-electron chi connectivity index (χ3n) is 9.86. The minimum atomic E-state index is -3.01. The van der Waals surface area contributed by atoms with Gasteiger partial charge in [-0.05, 0) is 55.5 Å². The second kappa shape index (κ2) is 16.3. The van der Waals surface area contributed by atoms with Crippen molar-refractivity contribution in [1.82, 2.24) is 34.0 Å². The Labute approximate surface area is 319 Å². The normalized spacial score (nSPS) is 14.7. The smallest absolute Gasteiger partial charge is 0.299 e. The van der Waals surface area contributed by atoms with Gasteiger partial charge in [0, 0.05) is 31.9 Å². The molecule has 0 spiro atoms. The number of carbonyl (C=O) groups excluding carboxylic acids is 2. The summed E-state index contributed by atoms with van der Waals surface area (Å²) in [6.07, 6.45) is 0.994. The van der Waals surface area contributed by atoms with E-state index in [4.69, 9.17) is 14.5 Å². The summed E-state index contributed by atoms with van der Waals surface area (Å²) in [6.45, 7) is 6.82. The molecule has 2 amide bonds. The van der Waals surface area contributed by atoms with E-state index in [9.17, 15) is 27.6 Å². The molecule has 2 aromatic carbocycles. The fourth-order valence-electron chi connectivity index (χ4n) is 6.93. The average molecular weight is 772 g/mol. The van der Waals surface area contributed by atoms with Crippen LogP contribution in [0.5, 0.6) is 5.75 Å². The molecule has 5 aromatic rings. The van der Waals surface area contributed by atoms with Crippen molar-refractivity contribution in [2.45, 2.75) is 53.2 Å². The lowest BCUT2D eigenvalue weighted by Gasteiger charge is -2.36. The summed E-state index contributed by atoms with van der Waals surface area (Å²) in [7, 11) is 0. The second-order valence-electron chi connectivity index (χ2n) is 13.5. The van der Waals surface area contributed by atoms with E-state index < -0.39 is 29.3 Å². The number of alkyl halides is 2. The summed E-state index contributed by atoms with van der Waals surface area (Å²) in [5.74, 6) is -1.33. The van der Waals surface area contributed by atoms with Crippen molar-refractivity contribution in [3.05, 3.63) is 111 Å². The van der Waals surface area contributed by atoms with Crippen LogP contribution in [0, 0.1) is 19.7 Å². The average Bonchev–Trinajstić information content (AvgIpc) is 3.66. The van der Waals surface area contributed by atoms with Crippen LogP contribution < -0.4 is 20.5 Å². The van der Waals surface area contributed by atoms with Crippen LogP contribution in [0.2, 0.25) is 0 Å². The van der Waals surface area contributed by atoms with Gasteiger partial charge in [-0.2, -0.15) is 9.50 Å². The minimum absolute atomic E-state index is 0.0371. The van der Waals surface area contributed by atoms with Gasteiger partial charge in [-0.3, -0.25) is 14.4 Å². The highest BCUT2D eigenvalue weighted by atomic mass is 19.3. The monoisotopic (exact) mass is 771 g/mol. The molecule has 0 saturated carbocycles. The molecule has 7 rings (SSSR count). The quantitative estimate of drug-likeness (QED) is 0.196. The van der Waals surface area contributed by atoms with Crippen LogP contribution >= 0.6 is 0 Å². The zero-order valence-electron chi connectivity index (χ0n) is 31.1. The summed E-state index contributed by atoms with van der Waals surface area (Å²) in [4.78, 5) is 58.7. The molecule has 0 atom stereocenters. The number of amides is 2. The van der Waals surface area contributed by atoms with Gasteiger partial charge in [-0.15, -0.1) is 5.10 Å². The zero-order valence-corrected chi connectivity index (χ0v) is 31.1. The molecule has 17 heteroatoms. The SMILES string of the molecule is CCc1c(N2CCN(C(=O)c3ncnc(C)c3OCc3ccccc3)CC2)c(=O)n2nc(C3=CCOCC3)nc2n1CC(=O)Nc1cc(F)c(C(F)F)cc1C. The highest BCUT2D eigenvalue weighted by Gasteiger charge is 2.31. The molecule has 0 bridgehead atoms. The van der Waals surface area contributed by atoms with Gasteiger partial charge in [0.2, 0.25) is 11.7 Å². The summed E-state index contributed by atoms with van der Waals surface area (Å²) in [6, 6.07) is 11.4. The van der Waals surface area contributed by atoms with Crippen LogP contribution in [0.1, 0.15) is 64.2 Å². The number of aryl methyl sites for hydroxylation is 2. The fourth-order valence-corrected chi connectivity index (χ4v) is 6.93. The lowest BCUT2D eigenvalue weighted by Crippen LogP contribution is -2.51. The maximum Gasteiger partial charge on any atom is 0.299 e. The Morgan fingerprint density at radius 2 is 1.82 bits per heavy atom. The minimum Gasteiger partial charge on any atom is -0.485 e. The molecule has 1 fully saturated rings. The first-order chi connectivity index (χ1) is 27.0. The third-order valence-corrected chi connectivity index (χ3v) is 9.86. The van der Waals surface area contributed by atoms with Crippen molar-refractivity contribution in [2.24, 2.45) is 0 Å². The van der Waals surface area contributed by atoms with Crippen LogP contribution in [0.3, 0.4) is 0 Å². The predicted molar refractivity (Wildman–Crippen MR) is 200 cm³/mol. The summed E-state index contributed by atoms with van der Waals surface area (Å²) in [5.41, 5.74) is 2.27. The molecular formula is C39H40F3N9O5. The van der Waals surface area contributed by atoms with Crippen LogP contribution in [0.4, 0.5) is 24.5 Å². The van der Waals surface area contributed by atoms with Crippen molar-refractivity contribution in [2.75, 3.05) is 49.6 Å². The van der Waals surface area contributed by atoms with E-state index in [1.165, 1.54) is 17.8 Å². The number of anilines is 2. The topological polar surface area (TPSA) is 149 Å². The van der Waals surface area contributed by atoms with Gasteiger partial charge in [-0.1, -0.05) is 43.3 Å². The van der Waals surface area contributed by atoms with Crippen LogP contribution in [-0.2, 0) is 29.1 Å². The van der Waals surface area contributed by atoms with E-state index in [1.807, 2.05) is 48.2 Å². The number of benzene rings is 2. The van der Waals surface area contributed by atoms with Gasteiger partial charge in [0.15, 0.2) is 17.3 Å². The van der Waals surface area contributed by atoms with Gasteiger partial charge in [0.05, 0.1) is 30.2 Å². The molecule has 1 N–H and O–H groups in total. The Balaban J connectivity index is 1.18. The van der Waals surface area contributed by atoms with Crippen molar-refractivity contribution < 1.29 is 32.2 Å². The van der Waals surface area contributed by atoms with E-state index in [2.05, 4.69) is 20.4 Å². The number of hydrogen-bond donors (Lipinski definition) is 1. The predicted octanol–water partition coefficient (Wildman–Crippen LogP) is 4.92. The van der Waals surface area contributed by atoms with Gasteiger partial charge >= 0.3 is 0 Å². The van der Waals surface area contributed by atoms with E-state index in [1.54, 1.807) is 16.4 Å². The molecule has 292 valence electrons. The van der Waals surface area contributed by atoms with E-state index in [0.29, 0.717) is 54.7 Å². The third kappa shape index (κ3) is 7.71. The zero-order chi connectivity index (χ0) is 39.5. The molecule has 1 saturated heterocycles. The van der Waals surface area contributed by atoms with Gasteiger partial charge < -0.3 is 29.2 Å². The highest BCUT2D eigenvalue weighted by Crippen LogP contribution is 2.29. The molecular weight excluding hydrogens is 731 g/mol. The summed E-state index contributed by atoms with van der Waals surface area (Å²) < 4.78 is 55.4. The van der Waals surface area contributed by atoms with Crippen molar-refractivity contribution in [3.8, 4) is 5.75 Å². The number of carbonyl (C=O) groups is 2. The number of piperazine rings is 1. The number of nitrogens with zero attached hydrogens (tertiary/aromatic N) is 8. The Kier molecular flexibility index (Phi) is 11.1. The molecule has 56 heavy (non-hydrogen) atoms. The van der Waals surface area contributed by atoms with Crippen molar-refractivity contribution >= 4 is 34.5 Å². The molecule has 0 radical (unpaired) electrons. The lowest BCUT2D eigenvalue weighted by atomic mass is 10.1. The molecule has 0 aliphatic carbocycles. The first kappa shape index (κ1) is 38.2. The number of halogens is 3. The number of fused-ring (bicyclic) bond motifs is 1. The lowest BCUT2D eigenvalue weighted by molar-refractivity contribution is -0.116. The first-order valence-corrected chi connectivity index (χ1v) is 18.2. The highest BCUT2D eigenvalue weighted by molar-refractivity contribution is 5.95. The molecule has 14 nitrogen and oxygen atoms in total. The number of ether oxygens (including phenoxy) is 2. The molecule has 3 aromatic heterocycles. The van der Waals surface area contributed by atoms with Crippen molar-refractivity contribution in [1.29, 1.82) is 0 Å². The number of nitrogens with one attached hydrogen (secondary N) is 1. The van der Waals surface area contributed by atoms with Crippen LogP contribution in [0.15, 0.2) is 59.7 Å². The largest absolute Gasteiger partial charge is 0.485 e. The molecule has 5 heterocycles. The maximum absolute atomic E-state index is 14.5. The summed E-state index contributed by atoms with van der Waals surface area (Å²) in [5, 5.41) is 7.23. The van der Waals surface area contributed by atoms with Gasteiger partial charge in [0.25, 0.3) is 17.9 Å². The number of aromatic nitrogens is 6. The molecule has 2 aliphatic heterocycles. The van der Waals surface area contributed by atoms with Gasteiger partial charge in [-0.25, -0.2) is 23.1 Å². The van der Waals surface area contributed by atoms with E-state index in [-0.39, 0.29) is 68.0 Å². The Bertz CT molecular complexity index is 2370. The Hall–Kier alpha value is -6.10. The Morgan fingerprint density at radius 1 is 1.05 bits per heavy atom. The standard InChI is InChI=1S/C39H40F3N9O5/c1-4-30-33(48-12-14-49(15-13-48)37(53)32-34(24(3)43-22-44-32)56-21-25-8-6-5-7-9-25)38(54)51-39(46-36(47-51)26-10-16-55-17-11-26)50(30)20-31(52)45-29-19-28(40)27(35(41)42)18-23(29)2/h5-10,18-19,22,35H,4,11-17,20-21H2,1-3H3,(H,45,52). The van der Waals surface area contributed by atoms with Crippen molar-refractivity contribution in [3.63, 3.8) is 0 Å². The Morgan fingerprint density at radius 3 is 2.52 bits per heavy atom. The van der Waals surface area contributed by atoms with E-state index in [0.717, 1.165) is 23.3 Å². The van der Waals surface area contributed by atoms with Crippen LogP contribution in [-0.4, -0.2) is 85.2 Å². The summed E-state index contributed by atoms with van der Waals surface area (Å²) >= 11 is 0. The maximum atomic E-state index is 14.5. The van der Waals surface area contributed by atoms with Crippen LogP contribution in [0.25, 0.3) is 11.4 Å².